The van der Waals surface area contributed by atoms with E-state index in [-0.39, 0.29) is 25.8 Å². The van der Waals surface area contributed by atoms with Crippen LogP contribution in [0.25, 0.3) is 0 Å². The Bertz CT molecular complexity index is 322. The lowest BCUT2D eigenvalue weighted by molar-refractivity contribution is -0.122. The zero-order chi connectivity index (χ0) is 19.5. The molecule has 0 aliphatic carbocycles. The van der Waals surface area contributed by atoms with Gasteiger partial charge in [-0.1, -0.05) is 83.5 Å². The van der Waals surface area contributed by atoms with Crippen LogP contribution in [0.1, 0.15) is 103 Å². The van der Waals surface area contributed by atoms with Crippen molar-refractivity contribution in [3.63, 3.8) is 0 Å². The first kappa shape index (κ1) is 25.3. The zero-order valence-corrected chi connectivity index (χ0v) is 16.9. The van der Waals surface area contributed by atoms with Gasteiger partial charge in [0.25, 0.3) is 0 Å². The van der Waals surface area contributed by atoms with Crippen LogP contribution in [0.3, 0.4) is 0 Å². The SMILES string of the molecule is CC(=O)NC(CO)(CO)CCCCCCCCCCCCCCCCF. The van der Waals surface area contributed by atoms with E-state index in [9.17, 15) is 19.4 Å². The maximum atomic E-state index is 11.9. The summed E-state index contributed by atoms with van der Waals surface area (Å²) in [6.07, 6.45) is 17.0. The Morgan fingerprint density at radius 3 is 1.38 bits per heavy atom. The Morgan fingerprint density at radius 1 is 0.731 bits per heavy atom. The maximum absolute atomic E-state index is 11.9. The predicted molar refractivity (Wildman–Crippen MR) is 106 cm³/mol. The van der Waals surface area contributed by atoms with Crippen LogP contribution in [-0.4, -0.2) is 41.5 Å². The van der Waals surface area contributed by atoms with Gasteiger partial charge in [0.2, 0.25) is 5.91 Å². The summed E-state index contributed by atoms with van der Waals surface area (Å²) in [5.74, 6) is -0.215. The molecule has 0 heterocycles. The van der Waals surface area contributed by atoms with Crippen LogP contribution in [0.5, 0.6) is 0 Å². The Balaban J connectivity index is 3.41. The number of halogens is 1. The topological polar surface area (TPSA) is 69.6 Å². The predicted octanol–water partition coefficient (Wildman–Crippen LogP) is 4.67. The molecular weight excluding hydrogens is 333 g/mol. The molecule has 0 aromatic rings. The number of hydrogen-bond acceptors (Lipinski definition) is 3. The van der Waals surface area contributed by atoms with Crippen LogP contribution in [0, 0.1) is 0 Å². The van der Waals surface area contributed by atoms with Crippen molar-refractivity contribution < 1.29 is 19.4 Å². The van der Waals surface area contributed by atoms with Crippen LogP contribution in [0.2, 0.25) is 0 Å². The van der Waals surface area contributed by atoms with Crippen molar-refractivity contribution in [2.75, 3.05) is 19.9 Å². The fourth-order valence-corrected chi connectivity index (χ4v) is 3.40. The minimum absolute atomic E-state index is 0.168. The summed E-state index contributed by atoms with van der Waals surface area (Å²) in [5, 5.41) is 21.6. The number of alkyl halides is 1. The first-order valence-corrected chi connectivity index (χ1v) is 10.7. The number of unbranched alkanes of at least 4 members (excludes halogenated alkanes) is 13. The molecule has 0 saturated carbocycles. The fourth-order valence-electron chi connectivity index (χ4n) is 3.40. The van der Waals surface area contributed by atoms with Crippen LogP contribution in [0.15, 0.2) is 0 Å². The van der Waals surface area contributed by atoms with Gasteiger partial charge in [-0.2, -0.15) is 0 Å². The third kappa shape index (κ3) is 14.5. The molecule has 0 saturated heterocycles. The van der Waals surface area contributed by atoms with E-state index in [2.05, 4.69) is 5.32 Å². The second-order valence-electron chi connectivity index (χ2n) is 7.67. The van der Waals surface area contributed by atoms with Gasteiger partial charge in [-0.15, -0.1) is 0 Å². The van der Waals surface area contributed by atoms with Crippen LogP contribution < -0.4 is 5.32 Å². The molecule has 0 bridgehead atoms. The van der Waals surface area contributed by atoms with Gasteiger partial charge in [-0.3, -0.25) is 9.18 Å². The fraction of sp³-hybridized carbons (Fsp3) is 0.952. The third-order valence-electron chi connectivity index (χ3n) is 5.09. The molecule has 0 aromatic carbocycles. The van der Waals surface area contributed by atoms with Gasteiger partial charge < -0.3 is 15.5 Å². The Labute approximate surface area is 160 Å². The molecule has 0 unspecified atom stereocenters. The lowest BCUT2D eigenvalue weighted by Gasteiger charge is -2.30. The number of amides is 1. The summed E-state index contributed by atoms with van der Waals surface area (Å²) in [7, 11) is 0. The summed E-state index contributed by atoms with van der Waals surface area (Å²) in [6, 6.07) is 0. The number of aliphatic hydroxyl groups excluding tert-OH is 2. The molecular formula is C21H42FNO3. The second kappa shape index (κ2) is 17.7. The lowest BCUT2D eigenvalue weighted by Crippen LogP contribution is -2.53. The van der Waals surface area contributed by atoms with Crippen molar-refractivity contribution in [2.45, 2.75) is 109 Å². The summed E-state index contributed by atoms with van der Waals surface area (Å²) in [4.78, 5) is 11.2. The van der Waals surface area contributed by atoms with Gasteiger partial charge in [0.15, 0.2) is 0 Å². The molecule has 0 aliphatic rings. The van der Waals surface area contributed by atoms with E-state index >= 15 is 0 Å². The standard InChI is InChI=1S/C21H42FNO3/c1-20(26)23-21(18-24,19-25)16-14-12-10-8-6-4-2-3-5-7-9-11-13-15-17-22/h24-25H,2-19H2,1H3,(H,23,26). The van der Waals surface area contributed by atoms with E-state index in [4.69, 9.17) is 0 Å². The Hall–Kier alpha value is -0.680. The molecule has 3 N–H and O–H groups in total. The third-order valence-corrected chi connectivity index (χ3v) is 5.09. The number of rotatable bonds is 19. The molecule has 26 heavy (non-hydrogen) atoms. The number of carbonyl (C=O) groups is 1. The molecule has 1 amide bonds. The van der Waals surface area contributed by atoms with Crippen LogP contribution >= 0.6 is 0 Å². The van der Waals surface area contributed by atoms with E-state index < -0.39 is 5.54 Å². The molecule has 0 radical (unpaired) electrons. The van der Waals surface area contributed by atoms with E-state index in [0.29, 0.717) is 6.42 Å². The van der Waals surface area contributed by atoms with Crippen molar-refractivity contribution in [3.8, 4) is 0 Å². The first-order chi connectivity index (χ1) is 12.6. The first-order valence-electron chi connectivity index (χ1n) is 10.7. The molecule has 0 aliphatic heterocycles. The Kier molecular flexibility index (Phi) is 17.3. The number of hydrogen-bond donors (Lipinski definition) is 3. The Morgan fingerprint density at radius 2 is 1.08 bits per heavy atom. The highest BCUT2D eigenvalue weighted by molar-refractivity contribution is 5.73. The molecule has 0 fully saturated rings. The molecule has 4 nitrogen and oxygen atoms in total. The number of nitrogens with one attached hydrogen (secondary N) is 1. The monoisotopic (exact) mass is 375 g/mol. The minimum Gasteiger partial charge on any atom is -0.394 e. The van der Waals surface area contributed by atoms with Crippen molar-refractivity contribution >= 4 is 5.91 Å². The van der Waals surface area contributed by atoms with Crippen molar-refractivity contribution in [1.29, 1.82) is 0 Å². The van der Waals surface area contributed by atoms with Crippen LogP contribution in [-0.2, 0) is 4.79 Å². The minimum atomic E-state index is -0.863. The smallest absolute Gasteiger partial charge is 0.217 e. The number of carbonyl (C=O) groups excluding carboxylic acids is 1. The number of aliphatic hydroxyl groups is 2. The van der Waals surface area contributed by atoms with Crippen LogP contribution in [0.4, 0.5) is 4.39 Å². The maximum Gasteiger partial charge on any atom is 0.217 e. The van der Waals surface area contributed by atoms with Gasteiger partial charge in [0.05, 0.1) is 25.4 Å². The largest absolute Gasteiger partial charge is 0.394 e. The van der Waals surface area contributed by atoms with Crippen molar-refractivity contribution in [2.24, 2.45) is 0 Å². The highest BCUT2D eigenvalue weighted by atomic mass is 19.1. The van der Waals surface area contributed by atoms with E-state index in [1.165, 1.54) is 71.1 Å². The second-order valence-corrected chi connectivity index (χ2v) is 7.67. The summed E-state index contributed by atoms with van der Waals surface area (Å²) >= 11 is 0. The summed E-state index contributed by atoms with van der Waals surface area (Å²) in [6.45, 7) is 0.795. The average molecular weight is 376 g/mol. The molecule has 0 aromatic heterocycles. The van der Waals surface area contributed by atoms with Gasteiger partial charge in [0.1, 0.15) is 0 Å². The van der Waals surface area contributed by atoms with E-state index in [1.807, 2.05) is 0 Å². The van der Waals surface area contributed by atoms with E-state index in [0.717, 1.165) is 25.7 Å². The molecule has 156 valence electrons. The van der Waals surface area contributed by atoms with Gasteiger partial charge in [-0.05, 0) is 12.8 Å². The normalized spacial score (nSPS) is 11.7. The van der Waals surface area contributed by atoms with E-state index in [1.54, 1.807) is 0 Å². The highest BCUT2D eigenvalue weighted by Crippen LogP contribution is 2.17. The highest BCUT2D eigenvalue weighted by Gasteiger charge is 2.28. The van der Waals surface area contributed by atoms with Gasteiger partial charge in [0, 0.05) is 6.92 Å². The van der Waals surface area contributed by atoms with Gasteiger partial charge in [-0.25, -0.2) is 0 Å². The van der Waals surface area contributed by atoms with Crippen molar-refractivity contribution in [3.05, 3.63) is 0 Å². The molecule has 0 spiro atoms. The summed E-state index contributed by atoms with van der Waals surface area (Å²) in [5.41, 5.74) is -0.863. The van der Waals surface area contributed by atoms with Crippen molar-refractivity contribution in [1.82, 2.24) is 5.32 Å². The average Bonchev–Trinajstić information content (AvgIpc) is 2.63. The zero-order valence-electron chi connectivity index (χ0n) is 16.9. The van der Waals surface area contributed by atoms with Gasteiger partial charge >= 0.3 is 0 Å². The lowest BCUT2D eigenvalue weighted by atomic mass is 9.93. The molecule has 0 atom stereocenters. The quantitative estimate of drug-likeness (QED) is 0.287. The summed E-state index contributed by atoms with van der Waals surface area (Å²) < 4.78 is 11.9. The molecule has 5 heteroatoms. The molecule has 0 rings (SSSR count).